The lowest BCUT2D eigenvalue weighted by Crippen LogP contribution is -2.30. The molecule has 1 aromatic carbocycles. The number of nitrogens with one attached hydrogen (secondary N) is 2. The lowest BCUT2D eigenvalue weighted by Gasteiger charge is -2.16. The minimum absolute atomic E-state index is 0.0000399. The number of ether oxygens (including phenoxy) is 3. The Kier molecular flexibility index (Phi) is 6.81. The number of carbonyl (C=O) groups is 2. The molecule has 22 heavy (non-hydrogen) atoms. The Labute approximate surface area is 128 Å². The number of benzene rings is 1. The number of rotatable bonds is 8. The van der Waals surface area contributed by atoms with Crippen LogP contribution in [0.5, 0.6) is 17.2 Å². The molecule has 0 unspecified atom stereocenters. The average molecular weight is 312 g/mol. The summed E-state index contributed by atoms with van der Waals surface area (Å²) in [5.74, 6) is 0.284. The van der Waals surface area contributed by atoms with E-state index in [1.807, 2.05) is 0 Å². The Morgan fingerprint density at radius 3 is 2.32 bits per heavy atom. The van der Waals surface area contributed by atoms with E-state index in [0.29, 0.717) is 29.4 Å². The van der Waals surface area contributed by atoms with E-state index in [-0.39, 0.29) is 13.0 Å². The number of carboxylic acid groups (broad SMARTS) is 1. The summed E-state index contributed by atoms with van der Waals surface area (Å²) in [5, 5.41) is 13.7. The van der Waals surface area contributed by atoms with Crippen LogP contribution in [0.2, 0.25) is 0 Å². The van der Waals surface area contributed by atoms with Gasteiger partial charge >= 0.3 is 12.0 Å². The highest BCUT2D eigenvalue weighted by Gasteiger charge is 2.17. The van der Waals surface area contributed by atoms with Crippen LogP contribution in [0.15, 0.2) is 12.1 Å². The highest BCUT2D eigenvalue weighted by molar-refractivity contribution is 5.92. The van der Waals surface area contributed by atoms with Crippen LogP contribution in [-0.2, 0) is 4.79 Å². The number of carbonyl (C=O) groups excluding carboxylic acids is 1. The summed E-state index contributed by atoms with van der Waals surface area (Å²) in [7, 11) is 4.42. The van der Waals surface area contributed by atoms with Crippen LogP contribution in [0.25, 0.3) is 0 Å². The van der Waals surface area contributed by atoms with Gasteiger partial charge in [0.15, 0.2) is 11.5 Å². The fraction of sp³-hybridized carbons (Fsp3) is 0.429. The number of hydrogen-bond donors (Lipinski definition) is 3. The molecule has 8 nitrogen and oxygen atoms in total. The van der Waals surface area contributed by atoms with Crippen molar-refractivity contribution in [3.8, 4) is 17.2 Å². The molecular weight excluding hydrogens is 292 g/mol. The van der Waals surface area contributed by atoms with Gasteiger partial charge in [0.1, 0.15) is 0 Å². The molecule has 1 aromatic rings. The van der Waals surface area contributed by atoms with Gasteiger partial charge < -0.3 is 30.0 Å². The Bertz CT molecular complexity index is 532. The number of hydrogen-bond acceptors (Lipinski definition) is 5. The maximum absolute atomic E-state index is 11.8. The molecule has 0 aliphatic heterocycles. The molecule has 1 rings (SSSR count). The Morgan fingerprint density at radius 1 is 1.09 bits per heavy atom. The van der Waals surface area contributed by atoms with Crippen LogP contribution in [0.1, 0.15) is 12.8 Å². The summed E-state index contributed by atoms with van der Waals surface area (Å²) in [6.45, 7) is 0.258. The van der Waals surface area contributed by atoms with Gasteiger partial charge in [0.2, 0.25) is 5.75 Å². The molecule has 0 spiro atoms. The second-order valence-electron chi connectivity index (χ2n) is 4.26. The summed E-state index contributed by atoms with van der Waals surface area (Å²) < 4.78 is 15.6. The number of anilines is 1. The molecule has 0 aromatic heterocycles. The zero-order chi connectivity index (χ0) is 16.5. The Morgan fingerprint density at radius 2 is 1.77 bits per heavy atom. The van der Waals surface area contributed by atoms with Gasteiger partial charge in [-0.25, -0.2) is 4.79 Å². The second kappa shape index (κ2) is 8.60. The van der Waals surface area contributed by atoms with Crippen molar-refractivity contribution in [2.45, 2.75) is 12.8 Å². The maximum atomic E-state index is 11.8. The zero-order valence-corrected chi connectivity index (χ0v) is 12.8. The first kappa shape index (κ1) is 17.4. The van der Waals surface area contributed by atoms with Gasteiger partial charge in [-0.2, -0.15) is 0 Å². The van der Waals surface area contributed by atoms with E-state index in [1.54, 1.807) is 12.1 Å². The molecule has 0 radical (unpaired) electrons. The van der Waals surface area contributed by atoms with Crippen LogP contribution >= 0.6 is 0 Å². The largest absolute Gasteiger partial charge is 0.493 e. The first-order valence-corrected chi connectivity index (χ1v) is 6.59. The normalized spacial score (nSPS) is 9.77. The van der Waals surface area contributed by atoms with Crippen molar-refractivity contribution in [2.24, 2.45) is 0 Å². The van der Waals surface area contributed by atoms with Gasteiger partial charge in [0, 0.05) is 13.0 Å². The van der Waals surface area contributed by atoms with Gasteiger partial charge in [0.25, 0.3) is 0 Å². The third-order valence-corrected chi connectivity index (χ3v) is 2.81. The van der Waals surface area contributed by atoms with Crippen LogP contribution < -0.4 is 24.8 Å². The van der Waals surface area contributed by atoms with E-state index in [0.717, 1.165) is 0 Å². The van der Waals surface area contributed by atoms with Gasteiger partial charge in [-0.15, -0.1) is 0 Å². The predicted molar refractivity (Wildman–Crippen MR) is 80.0 cm³/mol. The molecule has 0 bridgehead atoms. The number of carboxylic acids is 1. The van der Waals surface area contributed by atoms with Crippen LogP contribution in [0.3, 0.4) is 0 Å². The number of amides is 2. The minimum Gasteiger partial charge on any atom is -0.493 e. The average Bonchev–Trinajstić information content (AvgIpc) is 2.50. The SMILES string of the molecule is COc1ccc(NC(=O)NCCCC(=O)O)c(OC)c1OC. The minimum atomic E-state index is -0.899. The van der Waals surface area contributed by atoms with Crippen molar-refractivity contribution in [1.29, 1.82) is 0 Å². The maximum Gasteiger partial charge on any atom is 0.319 e. The Hall–Kier alpha value is -2.64. The molecule has 0 atom stereocenters. The van der Waals surface area contributed by atoms with Gasteiger partial charge in [-0.05, 0) is 18.6 Å². The van der Waals surface area contributed by atoms with Gasteiger partial charge in [0.05, 0.1) is 27.0 Å². The molecule has 122 valence electrons. The van der Waals surface area contributed by atoms with Crippen LogP contribution in [0, 0.1) is 0 Å². The molecular formula is C14H20N2O6. The predicted octanol–water partition coefficient (Wildman–Crippen LogP) is 1.70. The highest BCUT2D eigenvalue weighted by atomic mass is 16.5. The topological polar surface area (TPSA) is 106 Å². The van der Waals surface area contributed by atoms with Crippen molar-refractivity contribution < 1.29 is 28.9 Å². The molecule has 0 saturated carbocycles. The number of methoxy groups -OCH3 is 3. The summed E-state index contributed by atoms with van der Waals surface area (Å²) in [6.07, 6.45) is 0.353. The molecule has 0 aliphatic carbocycles. The smallest absolute Gasteiger partial charge is 0.319 e. The van der Waals surface area contributed by atoms with E-state index in [2.05, 4.69) is 10.6 Å². The molecule has 0 fully saturated rings. The van der Waals surface area contributed by atoms with E-state index in [9.17, 15) is 9.59 Å². The van der Waals surface area contributed by atoms with E-state index in [1.165, 1.54) is 21.3 Å². The Balaban J connectivity index is 2.72. The highest BCUT2D eigenvalue weighted by Crippen LogP contribution is 2.42. The molecule has 0 saturated heterocycles. The van der Waals surface area contributed by atoms with Crippen molar-refractivity contribution in [1.82, 2.24) is 5.32 Å². The third-order valence-electron chi connectivity index (χ3n) is 2.81. The van der Waals surface area contributed by atoms with Crippen LogP contribution in [-0.4, -0.2) is 45.0 Å². The van der Waals surface area contributed by atoms with E-state index < -0.39 is 12.0 Å². The third kappa shape index (κ3) is 4.72. The number of urea groups is 1. The van der Waals surface area contributed by atoms with Crippen molar-refractivity contribution in [3.05, 3.63) is 12.1 Å². The van der Waals surface area contributed by atoms with Crippen molar-refractivity contribution in [3.63, 3.8) is 0 Å². The van der Waals surface area contributed by atoms with E-state index in [4.69, 9.17) is 19.3 Å². The summed E-state index contributed by atoms with van der Waals surface area (Å²) in [5.41, 5.74) is 0.413. The molecule has 2 amide bonds. The first-order chi connectivity index (χ1) is 10.5. The van der Waals surface area contributed by atoms with Crippen LogP contribution in [0.4, 0.5) is 10.5 Å². The van der Waals surface area contributed by atoms with Crippen molar-refractivity contribution in [2.75, 3.05) is 33.2 Å². The number of aliphatic carboxylic acids is 1. The zero-order valence-electron chi connectivity index (χ0n) is 12.8. The molecule has 0 heterocycles. The standard InChI is InChI=1S/C14H20N2O6/c1-20-10-7-6-9(12(21-2)13(10)22-3)16-14(19)15-8-4-5-11(17)18/h6-7H,4-5,8H2,1-3H3,(H,17,18)(H2,15,16,19). The van der Waals surface area contributed by atoms with Gasteiger partial charge in [-0.3, -0.25) is 4.79 Å². The monoisotopic (exact) mass is 312 g/mol. The fourth-order valence-corrected chi connectivity index (χ4v) is 1.81. The lowest BCUT2D eigenvalue weighted by molar-refractivity contribution is -0.137. The molecule has 0 aliphatic rings. The molecule has 8 heteroatoms. The second-order valence-corrected chi connectivity index (χ2v) is 4.26. The van der Waals surface area contributed by atoms with Crippen molar-refractivity contribution >= 4 is 17.7 Å². The summed E-state index contributed by atoms with van der Waals surface area (Å²) in [6, 6.07) is 2.80. The molecule has 3 N–H and O–H groups in total. The summed E-state index contributed by atoms with van der Waals surface area (Å²) >= 11 is 0. The fourth-order valence-electron chi connectivity index (χ4n) is 1.81. The quantitative estimate of drug-likeness (QED) is 0.631. The van der Waals surface area contributed by atoms with E-state index >= 15 is 0 Å². The lowest BCUT2D eigenvalue weighted by atomic mass is 10.2. The summed E-state index contributed by atoms with van der Waals surface area (Å²) in [4.78, 5) is 22.2. The van der Waals surface area contributed by atoms with Gasteiger partial charge in [-0.1, -0.05) is 0 Å². The first-order valence-electron chi connectivity index (χ1n) is 6.59.